The van der Waals surface area contributed by atoms with Gasteiger partial charge in [-0.05, 0) is 54.6 Å². The van der Waals surface area contributed by atoms with Crippen LogP contribution in [0.3, 0.4) is 0 Å². The van der Waals surface area contributed by atoms with E-state index in [-0.39, 0.29) is 5.91 Å². The van der Waals surface area contributed by atoms with Crippen molar-refractivity contribution in [2.24, 2.45) is 0 Å². The minimum absolute atomic E-state index is 0.155. The van der Waals surface area contributed by atoms with Crippen LogP contribution in [0.4, 0.5) is 0 Å². The molecule has 0 fully saturated rings. The number of carbonyl (C=O) groups is 1. The summed E-state index contributed by atoms with van der Waals surface area (Å²) in [7, 11) is 0. The molecule has 1 aromatic carbocycles. The summed E-state index contributed by atoms with van der Waals surface area (Å²) in [6.45, 7) is 3.74. The Labute approximate surface area is 119 Å². The van der Waals surface area contributed by atoms with E-state index in [9.17, 15) is 4.79 Å². The molecule has 0 aromatic heterocycles. The molecule has 0 saturated heterocycles. The first-order valence-electron chi connectivity index (χ1n) is 4.69. The van der Waals surface area contributed by atoms with Crippen LogP contribution in [-0.4, -0.2) is 17.3 Å². The molecule has 88 valence electrons. The van der Waals surface area contributed by atoms with Crippen molar-refractivity contribution in [2.75, 3.05) is 5.88 Å². The summed E-state index contributed by atoms with van der Waals surface area (Å²) in [6, 6.07) is 5.22. The number of rotatable bonds is 3. The lowest BCUT2D eigenvalue weighted by atomic mass is 10.1. The SMILES string of the molecule is CC(C)(CCl)NC(=O)c1cc(Cl)ccc1I. The van der Waals surface area contributed by atoms with Crippen molar-refractivity contribution in [3.05, 3.63) is 32.4 Å². The van der Waals surface area contributed by atoms with E-state index in [2.05, 4.69) is 27.9 Å². The van der Waals surface area contributed by atoms with Gasteiger partial charge in [0.25, 0.3) is 5.91 Å². The van der Waals surface area contributed by atoms with Crippen LogP contribution in [0.5, 0.6) is 0 Å². The molecule has 0 spiro atoms. The van der Waals surface area contributed by atoms with Crippen molar-refractivity contribution >= 4 is 51.7 Å². The molecule has 0 radical (unpaired) electrons. The highest BCUT2D eigenvalue weighted by atomic mass is 127. The van der Waals surface area contributed by atoms with Crippen molar-refractivity contribution in [1.82, 2.24) is 5.32 Å². The van der Waals surface area contributed by atoms with Gasteiger partial charge in [0, 0.05) is 20.0 Å². The number of halogens is 3. The smallest absolute Gasteiger partial charge is 0.252 e. The Kier molecular flexibility index (Phi) is 4.88. The largest absolute Gasteiger partial charge is 0.346 e. The fraction of sp³-hybridized carbons (Fsp3) is 0.364. The van der Waals surface area contributed by atoms with Gasteiger partial charge in [-0.1, -0.05) is 11.6 Å². The number of benzene rings is 1. The van der Waals surface area contributed by atoms with Gasteiger partial charge in [-0.2, -0.15) is 0 Å². The molecule has 0 aliphatic heterocycles. The fourth-order valence-electron chi connectivity index (χ4n) is 1.08. The third kappa shape index (κ3) is 3.79. The van der Waals surface area contributed by atoms with E-state index in [1.165, 1.54) is 0 Å². The molecule has 0 aliphatic carbocycles. The summed E-state index contributed by atoms with van der Waals surface area (Å²) in [5.41, 5.74) is 0.149. The molecule has 0 saturated carbocycles. The second-order valence-corrected chi connectivity index (χ2v) is 5.96. The predicted molar refractivity (Wildman–Crippen MR) is 76.4 cm³/mol. The maximum atomic E-state index is 12.0. The highest BCUT2D eigenvalue weighted by Gasteiger charge is 2.21. The molecule has 5 heteroatoms. The molecule has 16 heavy (non-hydrogen) atoms. The monoisotopic (exact) mass is 371 g/mol. The first-order valence-corrected chi connectivity index (χ1v) is 6.68. The summed E-state index contributed by atoms with van der Waals surface area (Å²) in [6.07, 6.45) is 0. The molecule has 0 heterocycles. The average molecular weight is 372 g/mol. The number of nitrogens with one attached hydrogen (secondary N) is 1. The zero-order valence-corrected chi connectivity index (χ0v) is 12.7. The summed E-state index contributed by atoms with van der Waals surface area (Å²) in [4.78, 5) is 12.0. The molecule has 1 N–H and O–H groups in total. The van der Waals surface area contributed by atoms with Crippen molar-refractivity contribution < 1.29 is 4.79 Å². The average Bonchev–Trinajstić information content (AvgIpc) is 2.21. The quantitative estimate of drug-likeness (QED) is 0.637. The highest BCUT2D eigenvalue weighted by molar-refractivity contribution is 14.1. The molecular formula is C11H12Cl2INO. The molecule has 2 nitrogen and oxygen atoms in total. The van der Waals surface area contributed by atoms with Gasteiger partial charge in [0.1, 0.15) is 0 Å². The second kappa shape index (κ2) is 5.56. The Balaban J connectivity index is 2.93. The van der Waals surface area contributed by atoms with Crippen LogP contribution < -0.4 is 5.32 Å². The van der Waals surface area contributed by atoms with Crippen molar-refractivity contribution in [3.8, 4) is 0 Å². The molecule has 1 rings (SSSR count). The van der Waals surface area contributed by atoms with Crippen LogP contribution in [0.25, 0.3) is 0 Å². The lowest BCUT2D eigenvalue weighted by Crippen LogP contribution is -2.45. The lowest BCUT2D eigenvalue weighted by molar-refractivity contribution is 0.0919. The van der Waals surface area contributed by atoms with Gasteiger partial charge >= 0.3 is 0 Å². The van der Waals surface area contributed by atoms with E-state index in [0.717, 1.165) is 3.57 Å². The Bertz CT molecular complexity index is 407. The van der Waals surface area contributed by atoms with Gasteiger partial charge < -0.3 is 5.32 Å². The number of hydrogen-bond acceptors (Lipinski definition) is 1. The standard InChI is InChI=1S/C11H12Cl2INO/c1-11(2,6-12)15-10(16)8-5-7(13)3-4-9(8)14/h3-5H,6H2,1-2H3,(H,15,16). The molecule has 0 bridgehead atoms. The Hall–Kier alpha value is -0.000000000000000111. The topological polar surface area (TPSA) is 29.1 Å². The van der Waals surface area contributed by atoms with Gasteiger partial charge in [0.05, 0.1) is 5.56 Å². The maximum absolute atomic E-state index is 12.0. The van der Waals surface area contributed by atoms with Crippen molar-refractivity contribution in [3.63, 3.8) is 0 Å². The Morgan fingerprint density at radius 1 is 1.50 bits per heavy atom. The fourth-order valence-corrected chi connectivity index (χ4v) is 1.90. The molecule has 0 aliphatic rings. The minimum Gasteiger partial charge on any atom is -0.346 e. The molecule has 0 atom stereocenters. The Morgan fingerprint density at radius 2 is 2.12 bits per heavy atom. The maximum Gasteiger partial charge on any atom is 0.252 e. The number of carbonyl (C=O) groups excluding carboxylic acids is 1. The first kappa shape index (κ1) is 14.1. The highest BCUT2D eigenvalue weighted by Crippen LogP contribution is 2.18. The van der Waals surface area contributed by atoms with Crippen molar-refractivity contribution in [1.29, 1.82) is 0 Å². The number of amides is 1. The van der Waals surface area contributed by atoms with E-state index in [0.29, 0.717) is 16.5 Å². The van der Waals surface area contributed by atoms with E-state index in [4.69, 9.17) is 23.2 Å². The van der Waals surface area contributed by atoms with E-state index >= 15 is 0 Å². The molecule has 1 amide bonds. The van der Waals surface area contributed by atoms with Crippen LogP contribution in [0.2, 0.25) is 5.02 Å². The minimum atomic E-state index is -0.427. The summed E-state index contributed by atoms with van der Waals surface area (Å²) >= 11 is 13.7. The summed E-state index contributed by atoms with van der Waals surface area (Å²) in [5.74, 6) is 0.202. The lowest BCUT2D eigenvalue weighted by Gasteiger charge is -2.23. The van der Waals surface area contributed by atoms with E-state index < -0.39 is 5.54 Å². The third-order valence-electron chi connectivity index (χ3n) is 1.96. The summed E-state index contributed by atoms with van der Waals surface area (Å²) in [5, 5.41) is 3.41. The molecular weight excluding hydrogens is 360 g/mol. The molecule has 1 aromatic rings. The first-order chi connectivity index (χ1) is 7.35. The summed E-state index contributed by atoms with van der Waals surface area (Å²) < 4.78 is 0.866. The number of hydrogen-bond donors (Lipinski definition) is 1. The zero-order chi connectivity index (χ0) is 12.3. The van der Waals surface area contributed by atoms with Gasteiger partial charge in [-0.25, -0.2) is 0 Å². The normalized spacial score (nSPS) is 11.3. The van der Waals surface area contributed by atoms with Gasteiger partial charge in [-0.3, -0.25) is 4.79 Å². The van der Waals surface area contributed by atoms with Gasteiger partial charge in [0.15, 0.2) is 0 Å². The van der Waals surface area contributed by atoms with Crippen LogP contribution in [-0.2, 0) is 0 Å². The van der Waals surface area contributed by atoms with Gasteiger partial charge in [0.2, 0.25) is 0 Å². The zero-order valence-electron chi connectivity index (χ0n) is 8.98. The van der Waals surface area contributed by atoms with Crippen LogP contribution in [0, 0.1) is 3.57 Å². The number of alkyl halides is 1. The van der Waals surface area contributed by atoms with Crippen LogP contribution in [0.1, 0.15) is 24.2 Å². The van der Waals surface area contributed by atoms with E-state index in [1.807, 2.05) is 19.9 Å². The predicted octanol–water partition coefficient (Wildman–Crippen LogP) is 3.69. The van der Waals surface area contributed by atoms with Crippen LogP contribution in [0.15, 0.2) is 18.2 Å². The van der Waals surface area contributed by atoms with Crippen LogP contribution >= 0.6 is 45.8 Å². The van der Waals surface area contributed by atoms with Crippen molar-refractivity contribution in [2.45, 2.75) is 19.4 Å². The second-order valence-electron chi connectivity index (χ2n) is 4.10. The Morgan fingerprint density at radius 3 is 2.69 bits per heavy atom. The van der Waals surface area contributed by atoms with Gasteiger partial charge in [-0.15, -0.1) is 11.6 Å². The van der Waals surface area contributed by atoms with E-state index in [1.54, 1.807) is 12.1 Å². The third-order valence-corrected chi connectivity index (χ3v) is 3.80. The molecule has 0 unspecified atom stereocenters.